The topological polar surface area (TPSA) is 68.5 Å². The number of benzene rings is 2. The lowest BCUT2D eigenvalue weighted by Crippen LogP contribution is -2.25. The van der Waals surface area contributed by atoms with Crippen LogP contribution >= 0.6 is 0 Å². The van der Waals surface area contributed by atoms with Crippen molar-refractivity contribution in [1.82, 2.24) is 0 Å². The lowest BCUT2D eigenvalue weighted by atomic mass is 10.1. The van der Waals surface area contributed by atoms with Crippen LogP contribution in [0.2, 0.25) is 0 Å². The standard InChI is InChI=1S/C17H11NO4/c19-16-9-21-14-6-5-11(7-12(14)18-16)17(20)15-8-10-3-1-2-4-13(10)22-15/h1-8H,9H2,(H,18,19). The highest BCUT2D eigenvalue weighted by atomic mass is 16.5. The average molecular weight is 293 g/mol. The van der Waals surface area contributed by atoms with Gasteiger partial charge in [0.25, 0.3) is 5.91 Å². The van der Waals surface area contributed by atoms with E-state index < -0.39 is 0 Å². The lowest BCUT2D eigenvalue weighted by Gasteiger charge is -2.18. The van der Waals surface area contributed by atoms with Crippen molar-refractivity contribution in [2.45, 2.75) is 0 Å². The van der Waals surface area contributed by atoms with Crippen LogP contribution in [0.1, 0.15) is 16.1 Å². The van der Waals surface area contributed by atoms with Gasteiger partial charge in [0.2, 0.25) is 5.78 Å². The van der Waals surface area contributed by atoms with E-state index >= 15 is 0 Å². The molecule has 5 nitrogen and oxygen atoms in total. The minimum Gasteiger partial charge on any atom is -0.482 e. The summed E-state index contributed by atoms with van der Waals surface area (Å²) in [4.78, 5) is 23.9. The monoisotopic (exact) mass is 293 g/mol. The molecule has 108 valence electrons. The Morgan fingerprint density at radius 2 is 1.95 bits per heavy atom. The summed E-state index contributed by atoms with van der Waals surface area (Å²) in [6.07, 6.45) is 0. The molecule has 0 unspecified atom stereocenters. The molecule has 1 aliphatic heterocycles. The number of carbonyl (C=O) groups is 2. The van der Waals surface area contributed by atoms with Crippen molar-refractivity contribution in [2.75, 3.05) is 11.9 Å². The van der Waals surface area contributed by atoms with Crippen molar-refractivity contribution in [3.63, 3.8) is 0 Å². The van der Waals surface area contributed by atoms with Gasteiger partial charge in [-0.1, -0.05) is 18.2 Å². The highest BCUT2D eigenvalue weighted by Gasteiger charge is 2.20. The first-order valence-corrected chi connectivity index (χ1v) is 6.81. The molecular formula is C17H11NO4. The van der Waals surface area contributed by atoms with Crippen molar-refractivity contribution in [3.05, 3.63) is 59.9 Å². The normalized spacial score (nSPS) is 13.4. The Bertz CT molecular complexity index is 877. The zero-order valence-corrected chi connectivity index (χ0v) is 11.5. The van der Waals surface area contributed by atoms with Crippen LogP contribution in [0.3, 0.4) is 0 Å². The second-order valence-electron chi connectivity index (χ2n) is 5.03. The number of rotatable bonds is 2. The third-order valence-electron chi connectivity index (χ3n) is 3.52. The summed E-state index contributed by atoms with van der Waals surface area (Å²) in [6.45, 7) is -0.0101. The van der Waals surface area contributed by atoms with Crippen LogP contribution in [0.25, 0.3) is 11.0 Å². The number of hydrogen-bond acceptors (Lipinski definition) is 4. The average Bonchev–Trinajstić information content (AvgIpc) is 2.97. The molecular weight excluding hydrogens is 282 g/mol. The molecule has 1 aromatic heterocycles. The van der Waals surface area contributed by atoms with Gasteiger partial charge in [-0.25, -0.2) is 0 Å². The fraction of sp³-hybridized carbons (Fsp3) is 0.0588. The minimum absolute atomic E-state index is 0.0101. The number of furan rings is 1. The van der Waals surface area contributed by atoms with Gasteiger partial charge in [0.1, 0.15) is 11.3 Å². The van der Waals surface area contributed by atoms with Crippen LogP contribution in [0.5, 0.6) is 5.75 Å². The molecule has 1 amide bonds. The molecule has 5 heteroatoms. The van der Waals surface area contributed by atoms with E-state index in [0.717, 1.165) is 5.39 Å². The summed E-state index contributed by atoms with van der Waals surface area (Å²) < 4.78 is 10.9. The summed E-state index contributed by atoms with van der Waals surface area (Å²) in [5, 5.41) is 3.56. The molecule has 2 aromatic carbocycles. The number of anilines is 1. The zero-order valence-electron chi connectivity index (χ0n) is 11.5. The Kier molecular flexibility index (Phi) is 2.72. The number of amides is 1. The van der Waals surface area contributed by atoms with E-state index in [4.69, 9.17) is 9.15 Å². The largest absolute Gasteiger partial charge is 0.482 e. The molecule has 0 aliphatic carbocycles. The number of nitrogens with one attached hydrogen (secondary N) is 1. The van der Waals surface area contributed by atoms with Crippen molar-refractivity contribution in [2.24, 2.45) is 0 Å². The molecule has 0 bridgehead atoms. The van der Waals surface area contributed by atoms with Crippen molar-refractivity contribution in [3.8, 4) is 5.75 Å². The summed E-state index contributed by atoms with van der Waals surface area (Å²) in [6, 6.07) is 14.1. The number of hydrogen-bond donors (Lipinski definition) is 1. The summed E-state index contributed by atoms with van der Waals surface area (Å²) in [5.41, 5.74) is 1.60. The molecule has 1 aliphatic rings. The second-order valence-corrected chi connectivity index (χ2v) is 5.03. The first-order chi connectivity index (χ1) is 10.7. The van der Waals surface area contributed by atoms with Gasteiger partial charge in [0.15, 0.2) is 12.4 Å². The van der Waals surface area contributed by atoms with Crippen LogP contribution in [0.15, 0.2) is 52.9 Å². The first-order valence-electron chi connectivity index (χ1n) is 6.81. The molecule has 1 N–H and O–H groups in total. The molecule has 0 radical (unpaired) electrons. The Balaban J connectivity index is 1.73. The Hall–Kier alpha value is -3.08. The second kappa shape index (κ2) is 4.73. The predicted octanol–water partition coefficient (Wildman–Crippen LogP) is 2.99. The van der Waals surface area contributed by atoms with Crippen molar-refractivity contribution in [1.29, 1.82) is 0 Å². The van der Waals surface area contributed by atoms with Gasteiger partial charge in [0, 0.05) is 10.9 Å². The van der Waals surface area contributed by atoms with E-state index in [9.17, 15) is 9.59 Å². The van der Waals surface area contributed by atoms with Crippen LogP contribution in [0.4, 0.5) is 5.69 Å². The van der Waals surface area contributed by atoms with Crippen LogP contribution < -0.4 is 10.1 Å². The Morgan fingerprint density at radius 3 is 2.82 bits per heavy atom. The number of ether oxygens (including phenoxy) is 1. The highest BCUT2D eigenvalue weighted by molar-refractivity contribution is 6.10. The van der Waals surface area contributed by atoms with E-state index in [-0.39, 0.29) is 24.1 Å². The van der Waals surface area contributed by atoms with Crippen molar-refractivity contribution < 1.29 is 18.7 Å². The molecule has 0 spiro atoms. The van der Waals surface area contributed by atoms with Crippen molar-refractivity contribution >= 4 is 28.3 Å². The van der Waals surface area contributed by atoms with Gasteiger partial charge in [-0.2, -0.15) is 0 Å². The molecule has 2 heterocycles. The van der Waals surface area contributed by atoms with Crippen LogP contribution in [-0.4, -0.2) is 18.3 Å². The third-order valence-corrected chi connectivity index (χ3v) is 3.52. The maximum absolute atomic E-state index is 12.5. The van der Waals surface area contributed by atoms with E-state index in [1.54, 1.807) is 24.3 Å². The van der Waals surface area contributed by atoms with E-state index in [0.29, 0.717) is 22.6 Å². The van der Waals surface area contributed by atoms with Crippen LogP contribution in [0, 0.1) is 0 Å². The predicted molar refractivity (Wildman–Crippen MR) is 80.2 cm³/mol. The summed E-state index contributed by atoms with van der Waals surface area (Å²) in [7, 11) is 0. The fourth-order valence-electron chi connectivity index (χ4n) is 2.46. The van der Waals surface area contributed by atoms with Gasteiger partial charge in [-0.3, -0.25) is 9.59 Å². The maximum Gasteiger partial charge on any atom is 0.262 e. The molecule has 4 rings (SSSR count). The quantitative estimate of drug-likeness (QED) is 0.737. The minimum atomic E-state index is -0.237. The fourth-order valence-corrected chi connectivity index (χ4v) is 2.46. The number of carbonyl (C=O) groups excluding carboxylic acids is 2. The van der Waals surface area contributed by atoms with Gasteiger partial charge in [-0.05, 0) is 30.3 Å². The van der Waals surface area contributed by atoms with E-state index in [1.807, 2.05) is 24.3 Å². The van der Waals surface area contributed by atoms with Gasteiger partial charge < -0.3 is 14.5 Å². The molecule has 0 saturated heterocycles. The highest BCUT2D eigenvalue weighted by Crippen LogP contribution is 2.30. The summed E-state index contributed by atoms with van der Waals surface area (Å²) >= 11 is 0. The lowest BCUT2D eigenvalue weighted by molar-refractivity contribution is -0.118. The third kappa shape index (κ3) is 2.03. The maximum atomic E-state index is 12.5. The Morgan fingerprint density at radius 1 is 1.09 bits per heavy atom. The molecule has 0 atom stereocenters. The van der Waals surface area contributed by atoms with Gasteiger partial charge in [0.05, 0.1) is 5.69 Å². The molecule has 0 fully saturated rings. The number of para-hydroxylation sites is 1. The van der Waals surface area contributed by atoms with Gasteiger partial charge >= 0.3 is 0 Å². The number of fused-ring (bicyclic) bond motifs is 2. The summed E-state index contributed by atoms with van der Waals surface area (Å²) in [5.74, 6) is 0.351. The zero-order chi connectivity index (χ0) is 15.1. The van der Waals surface area contributed by atoms with E-state index in [1.165, 1.54) is 0 Å². The molecule has 3 aromatic rings. The molecule has 22 heavy (non-hydrogen) atoms. The Labute approximate surface area is 125 Å². The van der Waals surface area contributed by atoms with Gasteiger partial charge in [-0.15, -0.1) is 0 Å². The first kappa shape index (κ1) is 12.6. The van der Waals surface area contributed by atoms with Crippen LogP contribution in [-0.2, 0) is 4.79 Å². The number of ketones is 1. The molecule has 0 saturated carbocycles. The van der Waals surface area contributed by atoms with E-state index in [2.05, 4.69) is 5.32 Å². The SMILES string of the molecule is O=C1COc2ccc(C(=O)c3cc4ccccc4o3)cc2N1. The smallest absolute Gasteiger partial charge is 0.262 e.